The average Bonchev–Trinajstić information content (AvgIpc) is 3.19. The van der Waals surface area contributed by atoms with E-state index in [-0.39, 0.29) is 11.8 Å². The number of amides is 1. The molecule has 2 heterocycles. The smallest absolute Gasteiger partial charge is 0.227 e. The predicted octanol–water partition coefficient (Wildman–Crippen LogP) is 6.90. The van der Waals surface area contributed by atoms with Crippen LogP contribution in [-0.4, -0.2) is 33.4 Å². The van der Waals surface area contributed by atoms with E-state index < -0.39 is 0 Å². The molecular weight excluding hydrogens is 503 g/mol. The van der Waals surface area contributed by atoms with E-state index in [1.807, 2.05) is 24.3 Å². The van der Waals surface area contributed by atoms with Crippen molar-refractivity contribution < 1.29 is 4.79 Å². The van der Waals surface area contributed by atoms with Crippen LogP contribution >= 0.6 is 34.8 Å². The molecule has 5 nitrogen and oxygen atoms in total. The van der Waals surface area contributed by atoms with Crippen LogP contribution in [0.3, 0.4) is 0 Å². The van der Waals surface area contributed by atoms with E-state index in [0.29, 0.717) is 15.7 Å². The van der Waals surface area contributed by atoms with E-state index in [2.05, 4.69) is 39.0 Å². The van der Waals surface area contributed by atoms with Gasteiger partial charge in [-0.25, -0.2) is 4.98 Å². The number of fused-ring (bicyclic) bond motifs is 1. The second-order valence-corrected chi connectivity index (χ2v) is 10.2. The van der Waals surface area contributed by atoms with Crippen molar-refractivity contribution >= 4 is 57.4 Å². The lowest BCUT2D eigenvalue weighted by molar-refractivity contribution is -0.121. The van der Waals surface area contributed by atoms with Gasteiger partial charge in [0.15, 0.2) is 0 Å². The SMILES string of the molecule is O=C(Nc1ccc(Cl)cc1Cl)C1CCN(Cc2nc3ccccc3n2Cc2ccc(Cl)cc2)CC1. The summed E-state index contributed by atoms with van der Waals surface area (Å²) in [5.74, 6) is 0.978. The molecular formula is C27H25Cl3N4O. The highest BCUT2D eigenvalue weighted by molar-refractivity contribution is 6.36. The lowest BCUT2D eigenvalue weighted by atomic mass is 9.96. The summed E-state index contributed by atoms with van der Waals surface area (Å²) >= 11 is 18.3. The van der Waals surface area contributed by atoms with Crippen molar-refractivity contribution in [3.05, 3.63) is 93.2 Å². The Balaban J connectivity index is 1.26. The normalized spacial score (nSPS) is 14.9. The molecule has 1 amide bonds. The summed E-state index contributed by atoms with van der Waals surface area (Å²) in [6.07, 6.45) is 1.57. The van der Waals surface area contributed by atoms with Gasteiger partial charge in [-0.15, -0.1) is 0 Å². The Hall–Kier alpha value is -2.57. The Kier molecular flexibility index (Phi) is 7.30. The van der Waals surface area contributed by atoms with Crippen LogP contribution in [0.15, 0.2) is 66.7 Å². The van der Waals surface area contributed by atoms with Crippen molar-refractivity contribution in [1.82, 2.24) is 14.5 Å². The molecule has 5 rings (SSSR count). The maximum Gasteiger partial charge on any atom is 0.227 e. The molecule has 0 unspecified atom stereocenters. The molecule has 0 spiro atoms. The van der Waals surface area contributed by atoms with Gasteiger partial charge in [0.1, 0.15) is 5.82 Å². The minimum absolute atomic E-state index is 0.00356. The summed E-state index contributed by atoms with van der Waals surface area (Å²) in [4.78, 5) is 20.1. The summed E-state index contributed by atoms with van der Waals surface area (Å²) in [6, 6.07) is 21.3. The number of hydrogen-bond donors (Lipinski definition) is 1. The second kappa shape index (κ2) is 10.6. The number of benzene rings is 3. The average molecular weight is 528 g/mol. The maximum absolute atomic E-state index is 12.8. The van der Waals surface area contributed by atoms with Crippen molar-refractivity contribution in [1.29, 1.82) is 0 Å². The van der Waals surface area contributed by atoms with Crippen LogP contribution in [0.2, 0.25) is 15.1 Å². The summed E-state index contributed by atoms with van der Waals surface area (Å²) < 4.78 is 2.28. The molecule has 4 aromatic rings. The quantitative estimate of drug-likeness (QED) is 0.297. The number of nitrogens with one attached hydrogen (secondary N) is 1. The Labute approximate surface area is 219 Å². The lowest BCUT2D eigenvalue weighted by Gasteiger charge is -2.31. The largest absolute Gasteiger partial charge is 0.325 e. The standard InChI is InChI=1S/C27H25Cl3N4O/c28-20-7-5-18(6-8-20)16-34-25-4-2-1-3-24(25)31-26(34)17-33-13-11-19(12-14-33)27(35)32-23-10-9-21(29)15-22(23)30/h1-10,15,19H,11-14,16-17H2,(H,32,35). The number of carbonyl (C=O) groups excluding carboxylic acids is 1. The zero-order valence-corrected chi connectivity index (χ0v) is 21.3. The first kappa shape index (κ1) is 24.1. The highest BCUT2D eigenvalue weighted by Crippen LogP contribution is 2.28. The van der Waals surface area contributed by atoms with E-state index in [4.69, 9.17) is 39.8 Å². The third-order valence-corrected chi connectivity index (χ3v) is 7.30. The molecule has 0 bridgehead atoms. The van der Waals surface area contributed by atoms with E-state index in [1.54, 1.807) is 18.2 Å². The molecule has 35 heavy (non-hydrogen) atoms. The summed E-state index contributed by atoms with van der Waals surface area (Å²) in [5, 5.41) is 4.68. The minimum atomic E-state index is -0.0501. The van der Waals surface area contributed by atoms with E-state index in [0.717, 1.165) is 60.9 Å². The zero-order valence-electron chi connectivity index (χ0n) is 19.1. The number of carbonyl (C=O) groups is 1. The predicted molar refractivity (Wildman–Crippen MR) is 143 cm³/mol. The third kappa shape index (κ3) is 5.65. The Morgan fingerprint density at radius 3 is 2.37 bits per heavy atom. The van der Waals surface area contributed by atoms with Gasteiger partial charge in [-0.3, -0.25) is 9.69 Å². The van der Waals surface area contributed by atoms with Gasteiger partial charge in [-0.05, 0) is 74.0 Å². The number of imidazole rings is 1. The van der Waals surface area contributed by atoms with E-state index in [1.165, 1.54) is 5.56 Å². The molecule has 180 valence electrons. The first-order valence-electron chi connectivity index (χ1n) is 11.6. The van der Waals surface area contributed by atoms with Gasteiger partial charge in [0.2, 0.25) is 5.91 Å². The summed E-state index contributed by atoms with van der Waals surface area (Å²) in [6.45, 7) is 3.13. The van der Waals surface area contributed by atoms with Crippen molar-refractivity contribution in [2.45, 2.75) is 25.9 Å². The highest BCUT2D eigenvalue weighted by atomic mass is 35.5. The van der Waals surface area contributed by atoms with Crippen molar-refractivity contribution in [3.8, 4) is 0 Å². The van der Waals surface area contributed by atoms with Gasteiger partial charge >= 0.3 is 0 Å². The van der Waals surface area contributed by atoms with Gasteiger partial charge in [0, 0.05) is 22.5 Å². The molecule has 0 atom stereocenters. The number of hydrogen-bond acceptors (Lipinski definition) is 3. The van der Waals surface area contributed by atoms with Gasteiger partial charge in [-0.2, -0.15) is 0 Å². The molecule has 1 saturated heterocycles. The topological polar surface area (TPSA) is 50.2 Å². The monoisotopic (exact) mass is 526 g/mol. The van der Waals surface area contributed by atoms with Crippen molar-refractivity contribution in [2.24, 2.45) is 5.92 Å². The number of nitrogens with zero attached hydrogens (tertiary/aromatic N) is 3. The van der Waals surface area contributed by atoms with E-state index >= 15 is 0 Å². The Morgan fingerprint density at radius 1 is 0.914 bits per heavy atom. The molecule has 0 saturated carbocycles. The first-order chi connectivity index (χ1) is 17.0. The fraction of sp³-hybridized carbons (Fsp3) is 0.259. The van der Waals surface area contributed by atoms with Crippen molar-refractivity contribution in [2.75, 3.05) is 18.4 Å². The van der Waals surface area contributed by atoms with Crippen LogP contribution in [0, 0.1) is 5.92 Å². The first-order valence-corrected chi connectivity index (χ1v) is 12.8. The number of aromatic nitrogens is 2. The molecule has 1 aromatic heterocycles. The highest BCUT2D eigenvalue weighted by Gasteiger charge is 2.26. The molecule has 1 aliphatic heterocycles. The zero-order chi connectivity index (χ0) is 24.4. The Bertz CT molecular complexity index is 1340. The number of anilines is 1. The summed E-state index contributed by atoms with van der Waals surface area (Å²) in [5.41, 5.74) is 3.88. The fourth-order valence-corrected chi connectivity index (χ4v) is 5.16. The molecule has 1 fully saturated rings. The van der Waals surface area contributed by atoms with E-state index in [9.17, 15) is 4.79 Å². The number of para-hydroxylation sites is 2. The van der Waals surface area contributed by atoms with Crippen LogP contribution < -0.4 is 5.32 Å². The second-order valence-electron chi connectivity index (χ2n) is 8.89. The third-order valence-electron chi connectivity index (χ3n) is 6.50. The number of halogens is 3. The van der Waals surface area contributed by atoms with Crippen LogP contribution in [-0.2, 0) is 17.9 Å². The number of rotatable bonds is 6. The minimum Gasteiger partial charge on any atom is -0.325 e. The van der Waals surface area contributed by atoms with Gasteiger partial charge in [-0.1, -0.05) is 59.1 Å². The van der Waals surface area contributed by atoms with Crippen LogP contribution in [0.25, 0.3) is 11.0 Å². The molecule has 3 aromatic carbocycles. The Morgan fingerprint density at radius 2 is 1.63 bits per heavy atom. The number of piperidine rings is 1. The summed E-state index contributed by atoms with van der Waals surface area (Å²) in [7, 11) is 0. The molecule has 8 heteroatoms. The lowest BCUT2D eigenvalue weighted by Crippen LogP contribution is -2.38. The van der Waals surface area contributed by atoms with Crippen LogP contribution in [0.1, 0.15) is 24.2 Å². The molecule has 0 radical (unpaired) electrons. The molecule has 1 aliphatic rings. The number of likely N-dealkylation sites (tertiary alicyclic amines) is 1. The van der Waals surface area contributed by atoms with Crippen LogP contribution in [0.5, 0.6) is 0 Å². The fourth-order valence-electron chi connectivity index (χ4n) is 4.57. The van der Waals surface area contributed by atoms with Crippen molar-refractivity contribution in [3.63, 3.8) is 0 Å². The van der Waals surface area contributed by atoms with Crippen LogP contribution in [0.4, 0.5) is 5.69 Å². The van der Waals surface area contributed by atoms with Gasteiger partial charge in [0.25, 0.3) is 0 Å². The van der Waals surface area contributed by atoms with Gasteiger partial charge in [0.05, 0.1) is 28.3 Å². The molecule has 1 N–H and O–H groups in total. The maximum atomic E-state index is 12.8. The van der Waals surface area contributed by atoms with Gasteiger partial charge < -0.3 is 9.88 Å². The molecule has 0 aliphatic carbocycles.